The minimum atomic E-state index is -0.282. The summed E-state index contributed by atoms with van der Waals surface area (Å²) in [5, 5.41) is 10.9. The predicted molar refractivity (Wildman–Crippen MR) is 251 cm³/mol. The van der Waals surface area contributed by atoms with Crippen LogP contribution in [0.4, 0.5) is 11.6 Å². The zero-order valence-corrected chi connectivity index (χ0v) is 38.2. The van der Waals surface area contributed by atoms with E-state index in [4.69, 9.17) is 38.4 Å². The Morgan fingerprint density at radius 2 is 0.823 bits per heavy atom. The monoisotopic (exact) mass is 836 g/mol. The fourth-order valence-electron chi connectivity index (χ4n) is 8.70. The van der Waals surface area contributed by atoms with Gasteiger partial charge in [0.15, 0.2) is 23.0 Å². The van der Waals surface area contributed by atoms with Crippen molar-refractivity contribution in [1.29, 1.82) is 0 Å². The number of aryl methyl sites for hydroxylation is 2. The van der Waals surface area contributed by atoms with Gasteiger partial charge in [-0.25, -0.2) is 9.97 Å². The Morgan fingerprint density at radius 1 is 0.452 bits per heavy atom. The topological polar surface area (TPSA) is 114 Å². The smallest absolute Gasteiger partial charge is 0.170 e. The lowest BCUT2D eigenvalue weighted by atomic mass is 9.86. The zero-order valence-electron chi connectivity index (χ0n) is 38.2. The van der Waals surface area contributed by atoms with Crippen LogP contribution in [-0.2, 0) is 0 Å². The van der Waals surface area contributed by atoms with Crippen molar-refractivity contribution in [3.05, 3.63) is 84.2 Å². The standard InChI is InChI=1S/C50H56N6O6/c1-27-23-29-31(25-33(57-9)45(61-13)39(29)41-47(53-49(3,4)5)55-21-17-15-19-35(55)51-41)43(59-11)37(27)38-28(2)24-30-32(44(38)60-12)26-34(58-10)46(62-14)40(30)42-48(54-50(6,7)8)56-22-18-16-20-36(56)52-42/h15-26,53-54H,1-14H3. The van der Waals surface area contributed by atoms with Crippen molar-refractivity contribution in [3.63, 3.8) is 0 Å². The average molecular weight is 837 g/mol. The van der Waals surface area contributed by atoms with Gasteiger partial charge in [-0.3, -0.25) is 8.80 Å². The molecule has 12 heteroatoms. The van der Waals surface area contributed by atoms with Crippen LogP contribution >= 0.6 is 0 Å². The largest absolute Gasteiger partial charge is 0.495 e. The molecule has 0 saturated heterocycles. The number of rotatable bonds is 11. The van der Waals surface area contributed by atoms with Gasteiger partial charge in [0.2, 0.25) is 0 Å². The van der Waals surface area contributed by atoms with Gasteiger partial charge in [0.25, 0.3) is 0 Å². The molecule has 0 bridgehead atoms. The van der Waals surface area contributed by atoms with Crippen molar-refractivity contribution in [2.24, 2.45) is 0 Å². The van der Waals surface area contributed by atoms with Crippen molar-refractivity contribution >= 4 is 44.5 Å². The minimum absolute atomic E-state index is 0.282. The number of ether oxygens (including phenoxy) is 6. The Bertz CT molecular complexity index is 2840. The van der Waals surface area contributed by atoms with Gasteiger partial charge in [0, 0.05) is 45.4 Å². The van der Waals surface area contributed by atoms with Gasteiger partial charge < -0.3 is 39.1 Å². The summed E-state index contributed by atoms with van der Waals surface area (Å²) >= 11 is 0. The van der Waals surface area contributed by atoms with Crippen LogP contribution in [0.1, 0.15) is 52.7 Å². The van der Waals surface area contributed by atoms with E-state index >= 15 is 0 Å². The third-order valence-corrected chi connectivity index (χ3v) is 11.1. The molecule has 0 aliphatic carbocycles. The molecule has 0 saturated carbocycles. The zero-order chi connectivity index (χ0) is 44.4. The van der Waals surface area contributed by atoms with E-state index in [1.165, 1.54) is 0 Å². The Balaban J connectivity index is 1.47. The molecule has 12 nitrogen and oxygen atoms in total. The summed E-state index contributed by atoms with van der Waals surface area (Å²) in [4.78, 5) is 10.4. The van der Waals surface area contributed by atoms with Crippen molar-refractivity contribution in [2.45, 2.75) is 66.5 Å². The van der Waals surface area contributed by atoms with E-state index in [9.17, 15) is 0 Å². The van der Waals surface area contributed by atoms with Crippen LogP contribution in [0.3, 0.4) is 0 Å². The highest BCUT2D eigenvalue weighted by molar-refractivity contribution is 6.13. The summed E-state index contributed by atoms with van der Waals surface area (Å²) in [6.45, 7) is 17.0. The number of anilines is 2. The Hall–Kier alpha value is -6.82. The van der Waals surface area contributed by atoms with E-state index in [2.05, 4.69) is 87.0 Å². The molecule has 8 rings (SSSR count). The first-order chi connectivity index (χ1) is 29.6. The highest BCUT2D eigenvalue weighted by Gasteiger charge is 2.32. The molecule has 0 amide bonds. The number of benzene rings is 4. The quantitative estimate of drug-likeness (QED) is 0.130. The lowest BCUT2D eigenvalue weighted by Gasteiger charge is -2.26. The molecular weight excluding hydrogens is 781 g/mol. The first-order valence-corrected chi connectivity index (χ1v) is 20.6. The summed E-state index contributed by atoms with van der Waals surface area (Å²) < 4.78 is 41.7. The number of methoxy groups -OCH3 is 6. The van der Waals surface area contributed by atoms with Crippen LogP contribution in [-0.4, -0.2) is 72.5 Å². The van der Waals surface area contributed by atoms with Gasteiger partial charge in [0.05, 0.1) is 53.8 Å². The van der Waals surface area contributed by atoms with Crippen LogP contribution in [0.15, 0.2) is 73.1 Å². The highest BCUT2D eigenvalue weighted by Crippen LogP contribution is 2.55. The van der Waals surface area contributed by atoms with Gasteiger partial charge in [-0.2, -0.15) is 0 Å². The number of nitrogens with zero attached hydrogens (tertiary/aromatic N) is 4. The molecule has 2 N–H and O–H groups in total. The molecule has 0 radical (unpaired) electrons. The normalized spacial score (nSPS) is 12.0. The van der Waals surface area contributed by atoms with E-state index in [-0.39, 0.29) is 11.1 Å². The molecule has 0 aliphatic heterocycles. The van der Waals surface area contributed by atoms with Gasteiger partial charge in [-0.05, 0) is 126 Å². The molecule has 4 aromatic carbocycles. The maximum atomic E-state index is 6.51. The van der Waals surface area contributed by atoms with E-state index in [1.807, 2.05) is 60.9 Å². The summed E-state index contributed by atoms with van der Waals surface area (Å²) in [6.07, 6.45) is 4.03. The van der Waals surface area contributed by atoms with Crippen LogP contribution in [0.25, 0.3) is 66.5 Å². The molecule has 0 aliphatic rings. The van der Waals surface area contributed by atoms with E-state index in [1.54, 1.807) is 42.7 Å². The van der Waals surface area contributed by atoms with Crippen molar-refractivity contribution in [2.75, 3.05) is 53.3 Å². The van der Waals surface area contributed by atoms with Gasteiger partial charge in [-0.15, -0.1) is 0 Å². The maximum absolute atomic E-state index is 6.51. The average Bonchev–Trinajstić information content (AvgIpc) is 3.77. The summed E-state index contributed by atoms with van der Waals surface area (Å²) in [5.41, 5.74) is 7.68. The lowest BCUT2D eigenvalue weighted by Crippen LogP contribution is -2.27. The number of nitrogens with one attached hydrogen (secondary N) is 2. The maximum Gasteiger partial charge on any atom is 0.170 e. The van der Waals surface area contributed by atoms with Crippen molar-refractivity contribution in [3.8, 4) is 68.1 Å². The van der Waals surface area contributed by atoms with Crippen LogP contribution < -0.4 is 39.1 Å². The molecule has 0 atom stereocenters. The lowest BCUT2D eigenvalue weighted by molar-refractivity contribution is 0.356. The Kier molecular flexibility index (Phi) is 10.5. The van der Waals surface area contributed by atoms with Crippen LogP contribution in [0, 0.1) is 13.8 Å². The SMILES string of the molecule is COc1cc2c(OC)c(-c3c(C)cc4c(-c5nc6ccccn6c5NC(C)(C)C)c(OC)c(OC)cc4c3OC)c(C)cc2c(-c2nc3ccccn3c2NC(C)(C)C)c1OC. The fraction of sp³-hybridized carbons (Fsp3) is 0.320. The molecule has 4 aromatic heterocycles. The van der Waals surface area contributed by atoms with Gasteiger partial charge >= 0.3 is 0 Å². The molecule has 4 heterocycles. The van der Waals surface area contributed by atoms with E-state index in [0.29, 0.717) is 34.5 Å². The second-order valence-corrected chi connectivity index (χ2v) is 17.6. The molecule has 0 unspecified atom stereocenters. The minimum Gasteiger partial charge on any atom is -0.495 e. The fourth-order valence-corrected chi connectivity index (χ4v) is 8.70. The predicted octanol–water partition coefficient (Wildman–Crippen LogP) is 11.4. The van der Waals surface area contributed by atoms with Crippen LogP contribution in [0.2, 0.25) is 0 Å². The number of imidazole rings is 2. The van der Waals surface area contributed by atoms with E-state index in [0.717, 1.165) is 89.2 Å². The van der Waals surface area contributed by atoms with Crippen LogP contribution in [0.5, 0.6) is 34.5 Å². The number of hydrogen-bond donors (Lipinski definition) is 2. The number of hydrogen-bond acceptors (Lipinski definition) is 10. The summed E-state index contributed by atoms with van der Waals surface area (Å²) in [5.74, 6) is 5.17. The van der Waals surface area contributed by atoms with Gasteiger partial charge in [-0.1, -0.05) is 12.1 Å². The first kappa shape index (κ1) is 41.9. The second kappa shape index (κ2) is 15.6. The third kappa shape index (κ3) is 6.87. The van der Waals surface area contributed by atoms with Gasteiger partial charge in [0.1, 0.15) is 45.8 Å². The van der Waals surface area contributed by atoms with Crippen molar-refractivity contribution in [1.82, 2.24) is 18.8 Å². The number of pyridine rings is 2. The summed E-state index contributed by atoms with van der Waals surface area (Å²) in [7, 11) is 10.0. The second-order valence-electron chi connectivity index (χ2n) is 17.6. The molecule has 322 valence electrons. The number of fused-ring (bicyclic) bond motifs is 4. The first-order valence-electron chi connectivity index (χ1n) is 20.6. The molecule has 8 aromatic rings. The highest BCUT2D eigenvalue weighted by atomic mass is 16.5. The molecular formula is C50H56N6O6. The third-order valence-electron chi connectivity index (χ3n) is 11.1. The van der Waals surface area contributed by atoms with E-state index < -0.39 is 0 Å². The van der Waals surface area contributed by atoms with Crippen molar-refractivity contribution < 1.29 is 28.4 Å². The molecule has 62 heavy (non-hydrogen) atoms. The Labute approximate surface area is 362 Å². The summed E-state index contributed by atoms with van der Waals surface area (Å²) in [6, 6.07) is 20.3. The molecule has 0 spiro atoms. The number of aromatic nitrogens is 4. The molecule has 0 fully saturated rings. The Morgan fingerprint density at radius 3 is 1.15 bits per heavy atom.